The van der Waals surface area contributed by atoms with Crippen LogP contribution in [0.2, 0.25) is 0 Å². The lowest BCUT2D eigenvalue weighted by molar-refractivity contribution is 0.690. The Balaban J connectivity index is 0.000000233. The molecule has 0 atom stereocenters. The van der Waals surface area contributed by atoms with Crippen molar-refractivity contribution < 1.29 is 0 Å². The molecule has 23 heavy (non-hydrogen) atoms. The third kappa shape index (κ3) is 3.00. The van der Waals surface area contributed by atoms with Gasteiger partial charge in [0.15, 0.2) is 0 Å². The molecule has 0 saturated heterocycles. The molecule has 1 aliphatic carbocycles. The van der Waals surface area contributed by atoms with E-state index in [2.05, 4.69) is 53.5 Å². The highest BCUT2D eigenvalue weighted by Gasteiger charge is 2.13. The van der Waals surface area contributed by atoms with Crippen molar-refractivity contribution >= 4 is 38.9 Å². The fourth-order valence-corrected chi connectivity index (χ4v) is 4.13. The van der Waals surface area contributed by atoms with Gasteiger partial charge in [-0.15, -0.1) is 11.8 Å². The SMILES string of the molecule is C1=NCCS1.c1ccc2c(c1)ccc1c3c(ccc12)CCCC3. The zero-order chi connectivity index (χ0) is 15.5. The summed E-state index contributed by atoms with van der Waals surface area (Å²) >= 11 is 1.78. The highest BCUT2D eigenvalue weighted by molar-refractivity contribution is 8.12. The Bertz CT molecular complexity index is 860. The predicted molar refractivity (Wildman–Crippen MR) is 104 cm³/mol. The monoisotopic (exact) mass is 319 g/mol. The number of rotatable bonds is 0. The second kappa shape index (κ2) is 6.76. The van der Waals surface area contributed by atoms with E-state index in [1.54, 1.807) is 22.9 Å². The number of benzene rings is 3. The maximum atomic E-state index is 3.92. The van der Waals surface area contributed by atoms with Gasteiger partial charge in [0, 0.05) is 12.3 Å². The largest absolute Gasteiger partial charge is 0.285 e. The Morgan fingerprint density at radius 1 is 0.783 bits per heavy atom. The lowest BCUT2D eigenvalue weighted by Gasteiger charge is -2.18. The Hall–Kier alpha value is -1.80. The van der Waals surface area contributed by atoms with E-state index < -0.39 is 0 Å². The van der Waals surface area contributed by atoms with Crippen LogP contribution in [0.15, 0.2) is 53.5 Å². The van der Waals surface area contributed by atoms with Crippen LogP contribution in [0.25, 0.3) is 21.5 Å². The van der Waals surface area contributed by atoms with E-state index in [1.807, 2.05) is 5.55 Å². The minimum Gasteiger partial charge on any atom is -0.285 e. The Morgan fingerprint density at radius 2 is 1.65 bits per heavy atom. The van der Waals surface area contributed by atoms with Crippen LogP contribution < -0.4 is 0 Å². The quantitative estimate of drug-likeness (QED) is 0.489. The number of hydrogen-bond acceptors (Lipinski definition) is 2. The Labute approximate surface area is 141 Å². The van der Waals surface area contributed by atoms with Crippen molar-refractivity contribution in [3.8, 4) is 0 Å². The van der Waals surface area contributed by atoms with Crippen molar-refractivity contribution in [2.75, 3.05) is 12.3 Å². The van der Waals surface area contributed by atoms with Gasteiger partial charge in [0.05, 0.1) is 5.55 Å². The van der Waals surface area contributed by atoms with Crippen LogP contribution in [0.4, 0.5) is 0 Å². The second-order valence-electron chi connectivity index (χ2n) is 6.17. The summed E-state index contributed by atoms with van der Waals surface area (Å²) in [6, 6.07) is 18.0. The lowest BCUT2D eigenvalue weighted by atomic mass is 9.86. The Kier molecular flexibility index (Phi) is 4.34. The van der Waals surface area contributed by atoms with E-state index in [4.69, 9.17) is 0 Å². The molecule has 0 fully saturated rings. The fourth-order valence-electron chi connectivity index (χ4n) is 3.61. The molecule has 116 valence electrons. The van der Waals surface area contributed by atoms with E-state index in [0.717, 1.165) is 6.54 Å². The highest BCUT2D eigenvalue weighted by Crippen LogP contribution is 2.33. The van der Waals surface area contributed by atoms with Crippen LogP contribution in [0.5, 0.6) is 0 Å². The average Bonchev–Trinajstić information content (AvgIpc) is 3.21. The molecule has 0 spiro atoms. The Morgan fingerprint density at radius 3 is 2.48 bits per heavy atom. The smallest absolute Gasteiger partial charge is 0.0542 e. The van der Waals surface area contributed by atoms with Gasteiger partial charge in [0.2, 0.25) is 0 Å². The molecule has 2 aliphatic rings. The summed E-state index contributed by atoms with van der Waals surface area (Å²) in [5.74, 6) is 1.19. The summed E-state index contributed by atoms with van der Waals surface area (Å²) < 4.78 is 0. The van der Waals surface area contributed by atoms with Crippen LogP contribution in [0.1, 0.15) is 24.0 Å². The first-order chi connectivity index (χ1) is 11.4. The van der Waals surface area contributed by atoms with Gasteiger partial charge in [0.25, 0.3) is 0 Å². The predicted octanol–water partition coefficient (Wildman–Crippen LogP) is 5.63. The molecule has 2 heteroatoms. The van der Waals surface area contributed by atoms with Crippen LogP contribution in [0, 0.1) is 0 Å². The molecule has 0 amide bonds. The van der Waals surface area contributed by atoms with Gasteiger partial charge >= 0.3 is 0 Å². The van der Waals surface area contributed by atoms with Crippen molar-refractivity contribution in [2.24, 2.45) is 4.99 Å². The standard InChI is InChI=1S/C18H16.C3H5NS/c1-3-7-15-13(5-1)9-11-18-16-8-4-2-6-14(16)10-12-17(15)18;1-2-5-3-4-1/h1,3,5,7,9-12H,2,4,6,8H2;3H,1-2H2. The first kappa shape index (κ1) is 14.8. The molecule has 0 N–H and O–H groups in total. The van der Waals surface area contributed by atoms with Gasteiger partial charge in [-0.25, -0.2) is 0 Å². The fraction of sp³-hybridized carbons (Fsp3) is 0.286. The number of aryl methyl sites for hydroxylation is 2. The first-order valence-electron chi connectivity index (χ1n) is 8.45. The van der Waals surface area contributed by atoms with Crippen molar-refractivity contribution in [3.63, 3.8) is 0 Å². The zero-order valence-electron chi connectivity index (χ0n) is 13.3. The topological polar surface area (TPSA) is 12.4 Å². The molecule has 1 nitrogen and oxygen atoms in total. The number of hydrogen-bond donors (Lipinski definition) is 0. The van der Waals surface area contributed by atoms with E-state index in [1.165, 1.54) is 53.0 Å². The van der Waals surface area contributed by atoms with E-state index >= 15 is 0 Å². The van der Waals surface area contributed by atoms with Gasteiger partial charge < -0.3 is 0 Å². The van der Waals surface area contributed by atoms with Crippen LogP contribution in [0.3, 0.4) is 0 Å². The third-order valence-corrected chi connectivity index (χ3v) is 5.46. The van der Waals surface area contributed by atoms with Gasteiger partial charge in [0.1, 0.15) is 0 Å². The maximum absolute atomic E-state index is 3.92. The molecule has 1 aliphatic heterocycles. The van der Waals surface area contributed by atoms with Gasteiger partial charge in [-0.1, -0.05) is 48.5 Å². The van der Waals surface area contributed by atoms with Crippen LogP contribution >= 0.6 is 11.8 Å². The number of fused-ring (bicyclic) bond motifs is 5. The van der Waals surface area contributed by atoms with Gasteiger partial charge in [-0.2, -0.15) is 0 Å². The zero-order valence-corrected chi connectivity index (χ0v) is 14.1. The van der Waals surface area contributed by atoms with Crippen molar-refractivity contribution in [1.29, 1.82) is 0 Å². The van der Waals surface area contributed by atoms with E-state index in [9.17, 15) is 0 Å². The summed E-state index contributed by atoms with van der Waals surface area (Å²) in [7, 11) is 0. The molecule has 3 aromatic carbocycles. The summed E-state index contributed by atoms with van der Waals surface area (Å²) in [5, 5.41) is 5.64. The highest BCUT2D eigenvalue weighted by atomic mass is 32.2. The molecule has 0 radical (unpaired) electrons. The number of aliphatic imine (C=N–C) groups is 1. The lowest BCUT2D eigenvalue weighted by Crippen LogP contribution is -2.02. The van der Waals surface area contributed by atoms with E-state index in [0.29, 0.717) is 0 Å². The molecule has 5 rings (SSSR count). The van der Waals surface area contributed by atoms with Gasteiger partial charge in [-0.3, -0.25) is 4.99 Å². The van der Waals surface area contributed by atoms with E-state index in [-0.39, 0.29) is 0 Å². The minimum atomic E-state index is 1.03. The van der Waals surface area contributed by atoms with Crippen molar-refractivity contribution in [2.45, 2.75) is 25.7 Å². The van der Waals surface area contributed by atoms with Crippen LogP contribution in [-0.2, 0) is 12.8 Å². The van der Waals surface area contributed by atoms with Crippen molar-refractivity contribution in [3.05, 3.63) is 59.7 Å². The summed E-state index contributed by atoms with van der Waals surface area (Å²) in [5.41, 5.74) is 5.08. The van der Waals surface area contributed by atoms with Crippen LogP contribution in [-0.4, -0.2) is 17.8 Å². The average molecular weight is 319 g/mol. The maximum Gasteiger partial charge on any atom is 0.0542 e. The molecule has 0 saturated carbocycles. The second-order valence-corrected chi connectivity index (χ2v) is 7.13. The third-order valence-electron chi connectivity index (χ3n) is 4.74. The molecule has 0 aromatic heterocycles. The molecular weight excluding hydrogens is 298 g/mol. The summed E-state index contributed by atoms with van der Waals surface area (Å²) in [4.78, 5) is 3.92. The minimum absolute atomic E-state index is 1.03. The summed E-state index contributed by atoms with van der Waals surface area (Å²) in [6.07, 6.45) is 5.22. The van der Waals surface area contributed by atoms with Crippen molar-refractivity contribution in [1.82, 2.24) is 0 Å². The number of thioether (sulfide) groups is 1. The normalized spacial score (nSPS) is 16.2. The summed E-state index contributed by atoms with van der Waals surface area (Å²) in [6.45, 7) is 1.03. The molecule has 0 unspecified atom stereocenters. The molecule has 0 bridgehead atoms. The van der Waals surface area contributed by atoms with Gasteiger partial charge in [-0.05, 0) is 58.4 Å². The molecular formula is C21H21NS. The number of nitrogens with zero attached hydrogens (tertiary/aromatic N) is 1. The first-order valence-corrected chi connectivity index (χ1v) is 9.50. The molecule has 1 heterocycles. The molecule has 3 aromatic rings.